The summed E-state index contributed by atoms with van der Waals surface area (Å²) in [7, 11) is 3.93. The Balaban J connectivity index is 2.19. The molecule has 0 amide bonds. The van der Waals surface area contributed by atoms with E-state index in [4.69, 9.17) is 0 Å². The van der Waals surface area contributed by atoms with E-state index in [2.05, 4.69) is 23.0 Å². The summed E-state index contributed by atoms with van der Waals surface area (Å²) < 4.78 is 0. The predicted octanol–water partition coefficient (Wildman–Crippen LogP) is 1.07. The van der Waals surface area contributed by atoms with Crippen LogP contribution in [-0.4, -0.2) is 43.3 Å². The third-order valence-electron chi connectivity index (χ3n) is 2.23. The van der Waals surface area contributed by atoms with Crippen molar-refractivity contribution in [1.29, 1.82) is 0 Å². The number of aryl methyl sites for hydroxylation is 1. The van der Waals surface area contributed by atoms with Crippen LogP contribution in [0.25, 0.3) is 0 Å². The molecule has 0 bridgehead atoms. The summed E-state index contributed by atoms with van der Waals surface area (Å²) in [5.74, 6) is 0. The molecule has 1 heterocycles. The van der Waals surface area contributed by atoms with Crippen LogP contribution in [0.15, 0.2) is 10.8 Å². The molecule has 3 nitrogen and oxygen atoms in total. The molecular weight excluding hydrogens is 208 g/mol. The largest absolute Gasteiger partial charge is 0.390 e. The first-order valence-corrected chi connectivity index (χ1v) is 6.09. The first-order chi connectivity index (χ1) is 7.09. The number of aliphatic hydroxyl groups is 1. The van der Waals surface area contributed by atoms with Gasteiger partial charge in [0.2, 0.25) is 0 Å². The predicted molar refractivity (Wildman–Crippen MR) is 65.3 cm³/mol. The molecule has 1 rings (SSSR count). The van der Waals surface area contributed by atoms with Gasteiger partial charge in [-0.3, -0.25) is 0 Å². The summed E-state index contributed by atoms with van der Waals surface area (Å²) in [6.07, 6.45) is -0.293. The zero-order valence-electron chi connectivity index (χ0n) is 9.66. The van der Waals surface area contributed by atoms with Crippen molar-refractivity contribution >= 4 is 11.3 Å². The maximum absolute atomic E-state index is 9.62. The van der Waals surface area contributed by atoms with Gasteiger partial charge in [0.25, 0.3) is 0 Å². The molecule has 1 unspecified atom stereocenters. The average Bonchev–Trinajstić information content (AvgIpc) is 2.50. The summed E-state index contributed by atoms with van der Waals surface area (Å²) in [5, 5.41) is 17.2. The molecule has 1 atom stereocenters. The van der Waals surface area contributed by atoms with E-state index in [0.717, 1.165) is 6.54 Å². The van der Waals surface area contributed by atoms with Gasteiger partial charge in [0.15, 0.2) is 0 Å². The Hall–Kier alpha value is -0.420. The van der Waals surface area contributed by atoms with Crippen LogP contribution in [0.1, 0.15) is 11.1 Å². The van der Waals surface area contributed by atoms with Crippen LogP contribution in [0.3, 0.4) is 0 Å². The van der Waals surface area contributed by atoms with Crippen LogP contribution >= 0.6 is 11.3 Å². The maximum Gasteiger partial charge on any atom is 0.0791 e. The molecule has 1 aromatic heterocycles. The molecule has 0 aromatic carbocycles. The molecule has 4 heteroatoms. The lowest BCUT2D eigenvalue weighted by Gasteiger charge is -2.16. The Morgan fingerprint density at radius 1 is 1.47 bits per heavy atom. The lowest BCUT2D eigenvalue weighted by Crippen LogP contribution is -2.34. The van der Waals surface area contributed by atoms with Crippen molar-refractivity contribution in [3.05, 3.63) is 21.9 Å². The Morgan fingerprint density at radius 3 is 2.73 bits per heavy atom. The highest BCUT2D eigenvalue weighted by Crippen LogP contribution is 2.12. The molecule has 0 saturated carbocycles. The summed E-state index contributed by atoms with van der Waals surface area (Å²) >= 11 is 1.72. The minimum Gasteiger partial charge on any atom is -0.390 e. The molecule has 86 valence electrons. The van der Waals surface area contributed by atoms with Crippen molar-refractivity contribution in [2.45, 2.75) is 19.6 Å². The van der Waals surface area contributed by atoms with E-state index in [9.17, 15) is 5.11 Å². The Kier molecular flexibility index (Phi) is 5.25. The lowest BCUT2D eigenvalue weighted by atomic mass is 10.2. The molecule has 0 aliphatic heterocycles. The van der Waals surface area contributed by atoms with E-state index in [1.54, 1.807) is 11.3 Å². The molecular formula is C11H20N2OS. The molecule has 0 aliphatic carbocycles. The number of hydrogen-bond donors (Lipinski definition) is 2. The summed E-state index contributed by atoms with van der Waals surface area (Å²) in [6, 6.07) is 0. The first kappa shape index (κ1) is 12.6. The number of aliphatic hydroxyl groups excluding tert-OH is 1. The number of likely N-dealkylation sites (N-methyl/N-ethyl adjacent to an activating group) is 1. The second kappa shape index (κ2) is 6.23. The normalized spacial score (nSPS) is 13.4. The van der Waals surface area contributed by atoms with Gasteiger partial charge >= 0.3 is 0 Å². The monoisotopic (exact) mass is 228 g/mol. The quantitative estimate of drug-likeness (QED) is 0.764. The Morgan fingerprint density at radius 2 is 2.20 bits per heavy atom. The Bertz CT molecular complexity index is 286. The lowest BCUT2D eigenvalue weighted by molar-refractivity contribution is 0.134. The summed E-state index contributed by atoms with van der Waals surface area (Å²) in [4.78, 5) is 1.99. The van der Waals surface area contributed by atoms with Gasteiger partial charge in [0.05, 0.1) is 6.10 Å². The van der Waals surface area contributed by atoms with E-state index in [1.165, 1.54) is 11.1 Å². The number of hydrogen-bond acceptors (Lipinski definition) is 4. The number of thiophene rings is 1. The van der Waals surface area contributed by atoms with Crippen molar-refractivity contribution in [2.24, 2.45) is 0 Å². The number of nitrogens with zero attached hydrogens (tertiary/aromatic N) is 1. The molecule has 1 aromatic rings. The third-order valence-corrected chi connectivity index (χ3v) is 3.14. The van der Waals surface area contributed by atoms with Gasteiger partial charge in [-0.2, -0.15) is 11.3 Å². The molecule has 0 aliphatic rings. The smallest absolute Gasteiger partial charge is 0.0791 e. The van der Waals surface area contributed by atoms with Crippen LogP contribution in [0, 0.1) is 6.92 Å². The van der Waals surface area contributed by atoms with Gasteiger partial charge in [-0.1, -0.05) is 0 Å². The van der Waals surface area contributed by atoms with Crippen LogP contribution < -0.4 is 5.32 Å². The molecule has 15 heavy (non-hydrogen) atoms. The maximum atomic E-state index is 9.62. The van der Waals surface area contributed by atoms with Gasteiger partial charge in [0.1, 0.15) is 0 Å². The molecule has 0 spiro atoms. The number of rotatable bonds is 6. The van der Waals surface area contributed by atoms with E-state index < -0.39 is 0 Å². The fraction of sp³-hybridized carbons (Fsp3) is 0.636. The van der Waals surface area contributed by atoms with Gasteiger partial charge in [-0.05, 0) is 42.9 Å². The van der Waals surface area contributed by atoms with Crippen LogP contribution in [0.4, 0.5) is 0 Å². The van der Waals surface area contributed by atoms with Crippen molar-refractivity contribution in [2.75, 3.05) is 27.2 Å². The zero-order chi connectivity index (χ0) is 11.3. The highest BCUT2D eigenvalue weighted by Gasteiger charge is 2.05. The van der Waals surface area contributed by atoms with E-state index in [0.29, 0.717) is 13.1 Å². The van der Waals surface area contributed by atoms with Gasteiger partial charge in [-0.25, -0.2) is 0 Å². The van der Waals surface area contributed by atoms with E-state index in [-0.39, 0.29) is 6.10 Å². The third kappa shape index (κ3) is 4.75. The highest BCUT2D eigenvalue weighted by molar-refractivity contribution is 7.08. The van der Waals surface area contributed by atoms with Gasteiger partial charge < -0.3 is 15.3 Å². The standard InChI is InChI=1S/C11H20N2OS/c1-9-7-15-8-10(9)4-12-5-11(14)6-13(2)3/h7-8,11-12,14H,4-6H2,1-3H3. The molecule has 0 fully saturated rings. The fourth-order valence-corrected chi connectivity index (χ4v) is 2.28. The fourth-order valence-electron chi connectivity index (χ4n) is 1.43. The van der Waals surface area contributed by atoms with Crippen molar-refractivity contribution in [3.8, 4) is 0 Å². The van der Waals surface area contributed by atoms with Crippen molar-refractivity contribution in [3.63, 3.8) is 0 Å². The van der Waals surface area contributed by atoms with Crippen LogP contribution in [0.2, 0.25) is 0 Å². The summed E-state index contributed by atoms with van der Waals surface area (Å²) in [5.41, 5.74) is 2.66. The average molecular weight is 228 g/mol. The second-order valence-electron chi connectivity index (χ2n) is 4.13. The SMILES string of the molecule is Cc1cscc1CNCC(O)CN(C)C. The first-order valence-electron chi connectivity index (χ1n) is 5.14. The van der Waals surface area contributed by atoms with Crippen LogP contribution in [0.5, 0.6) is 0 Å². The molecule has 0 saturated heterocycles. The topological polar surface area (TPSA) is 35.5 Å². The van der Waals surface area contributed by atoms with E-state index in [1.807, 2.05) is 19.0 Å². The van der Waals surface area contributed by atoms with Gasteiger partial charge in [-0.15, -0.1) is 0 Å². The summed E-state index contributed by atoms with van der Waals surface area (Å²) in [6.45, 7) is 4.31. The van der Waals surface area contributed by atoms with E-state index >= 15 is 0 Å². The second-order valence-corrected chi connectivity index (χ2v) is 4.87. The zero-order valence-corrected chi connectivity index (χ0v) is 10.5. The van der Waals surface area contributed by atoms with Crippen molar-refractivity contribution < 1.29 is 5.11 Å². The number of nitrogens with one attached hydrogen (secondary N) is 1. The van der Waals surface area contributed by atoms with Gasteiger partial charge in [0, 0.05) is 19.6 Å². The molecule has 2 N–H and O–H groups in total. The minimum absolute atomic E-state index is 0.293. The molecule has 0 radical (unpaired) electrons. The minimum atomic E-state index is -0.293. The Labute approximate surface area is 95.7 Å². The van der Waals surface area contributed by atoms with Crippen LogP contribution in [-0.2, 0) is 6.54 Å². The highest BCUT2D eigenvalue weighted by atomic mass is 32.1. The van der Waals surface area contributed by atoms with Crippen molar-refractivity contribution in [1.82, 2.24) is 10.2 Å².